The Hall–Kier alpha value is -1.02. The molecule has 94 valence electrons. The zero-order valence-corrected chi connectivity index (χ0v) is 11.2. The molecule has 2 nitrogen and oxygen atoms in total. The van der Waals surface area contributed by atoms with Gasteiger partial charge in [0.05, 0.1) is 0 Å². The molecule has 1 aliphatic heterocycles. The van der Waals surface area contributed by atoms with Crippen LogP contribution in [-0.2, 0) is 0 Å². The van der Waals surface area contributed by atoms with Crippen LogP contribution in [0.5, 0.6) is 0 Å². The van der Waals surface area contributed by atoms with Gasteiger partial charge < -0.3 is 10.6 Å². The van der Waals surface area contributed by atoms with Crippen LogP contribution < -0.4 is 10.6 Å². The summed E-state index contributed by atoms with van der Waals surface area (Å²) in [5.41, 5.74) is 3.91. The van der Waals surface area contributed by atoms with E-state index < -0.39 is 0 Å². The first-order chi connectivity index (χ1) is 8.13. The van der Waals surface area contributed by atoms with Crippen molar-refractivity contribution >= 4 is 5.69 Å². The average Bonchev–Trinajstić information content (AvgIpc) is 2.25. The second kappa shape index (κ2) is 5.54. The molecule has 1 saturated heterocycles. The largest absolute Gasteiger partial charge is 0.383 e. The number of piperidine rings is 1. The van der Waals surface area contributed by atoms with Crippen molar-refractivity contribution in [2.45, 2.75) is 52.1 Å². The number of hydrogen-bond donors (Lipinski definition) is 2. The predicted octanol–water partition coefficient (Wildman–Crippen LogP) is 3.25. The highest BCUT2D eigenvalue weighted by Gasteiger charge is 2.16. The zero-order valence-electron chi connectivity index (χ0n) is 11.2. The van der Waals surface area contributed by atoms with E-state index >= 15 is 0 Å². The van der Waals surface area contributed by atoms with Crippen LogP contribution in [0.15, 0.2) is 18.2 Å². The maximum Gasteiger partial charge on any atom is 0.0346 e. The van der Waals surface area contributed by atoms with Crippen molar-refractivity contribution in [1.29, 1.82) is 0 Å². The standard InChI is InChI=1S/C15H24N2/c1-11-7-12(2)9-15(8-11)16-10-14-6-4-5-13(3)17-14/h7-9,13-14,16-17H,4-6,10H2,1-3H3. The Labute approximate surface area is 105 Å². The molecule has 0 radical (unpaired) electrons. The molecule has 17 heavy (non-hydrogen) atoms. The van der Waals surface area contributed by atoms with Crippen LogP contribution in [-0.4, -0.2) is 18.6 Å². The molecule has 1 fully saturated rings. The first kappa shape index (κ1) is 12.4. The van der Waals surface area contributed by atoms with E-state index in [0.29, 0.717) is 12.1 Å². The fourth-order valence-electron chi connectivity index (χ4n) is 2.72. The van der Waals surface area contributed by atoms with E-state index in [1.807, 2.05) is 0 Å². The third-order valence-electron chi connectivity index (χ3n) is 3.48. The minimum absolute atomic E-state index is 0.625. The van der Waals surface area contributed by atoms with Crippen LogP contribution in [0.2, 0.25) is 0 Å². The second-order valence-electron chi connectivity index (χ2n) is 5.45. The van der Waals surface area contributed by atoms with E-state index in [1.165, 1.54) is 36.1 Å². The summed E-state index contributed by atoms with van der Waals surface area (Å²) >= 11 is 0. The lowest BCUT2D eigenvalue weighted by molar-refractivity contribution is 0.345. The minimum Gasteiger partial charge on any atom is -0.383 e. The summed E-state index contributed by atoms with van der Waals surface area (Å²) in [6.45, 7) is 7.62. The lowest BCUT2D eigenvalue weighted by Gasteiger charge is -2.29. The number of anilines is 1. The van der Waals surface area contributed by atoms with Gasteiger partial charge in [0.2, 0.25) is 0 Å². The molecule has 1 aromatic carbocycles. The van der Waals surface area contributed by atoms with Gasteiger partial charge in [-0.25, -0.2) is 0 Å². The van der Waals surface area contributed by atoms with Crippen molar-refractivity contribution in [2.24, 2.45) is 0 Å². The summed E-state index contributed by atoms with van der Waals surface area (Å²) in [6, 6.07) is 7.96. The molecule has 1 aliphatic rings. The predicted molar refractivity (Wildman–Crippen MR) is 74.6 cm³/mol. The third-order valence-corrected chi connectivity index (χ3v) is 3.48. The summed E-state index contributed by atoms with van der Waals surface area (Å²) in [5, 5.41) is 7.21. The Morgan fingerprint density at radius 3 is 2.53 bits per heavy atom. The van der Waals surface area contributed by atoms with Crippen molar-refractivity contribution in [1.82, 2.24) is 5.32 Å². The van der Waals surface area contributed by atoms with E-state index in [2.05, 4.69) is 49.6 Å². The van der Waals surface area contributed by atoms with E-state index in [0.717, 1.165) is 6.54 Å². The molecular formula is C15H24N2. The van der Waals surface area contributed by atoms with Gasteiger partial charge in [-0.2, -0.15) is 0 Å². The van der Waals surface area contributed by atoms with E-state index in [9.17, 15) is 0 Å². The Morgan fingerprint density at radius 2 is 1.88 bits per heavy atom. The first-order valence-corrected chi connectivity index (χ1v) is 6.72. The number of aryl methyl sites for hydroxylation is 2. The summed E-state index contributed by atoms with van der Waals surface area (Å²) < 4.78 is 0. The van der Waals surface area contributed by atoms with E-state index in [-0.39, 0.29) is 0 Å². The molecule has 0 bridgehead atoms. The zero-order chi connectivity index (χ0) is 12.3. The van der Waals surface area contributed by atoms with Crippen LogP contribution in [0, 0.1) is 13.8 Å². The van der Waals surface area contributed by atoms with Crippen LogP contribution in [0.4, 0.5) is 5.69 Å². The number of rotatable bonds is 3. The topological polar surface area (TPSA) is 24.1 Å². The third kappa shape index (κ3) is 3.74. The minimum atomic E-state index is 0.625. The fourth-order valence-corrected chi connectivity index (χ4v) is 2.72. The fraction of sp³-hybridized carbons (Fsp3) is 0.600. The van der Waals surface area contributed by atoms with Crippen molar-refractivity contribution in [3.63, 3.8) is 0 Å². The van der Waals surface area contributed by atoms with Crippen molar-refractivity contribution in [3.05, 3.63) is 29.3 Å². The molecule has 1 aromatic rings. The van der Waals surface area contributed by atoms with Crippen LogP contribution in [0.3, 0.4) is 0 Å². The SMILES string of the molecule is Cc1cc(C)cc(NCC2CCCC(C)N2)c1. The summed E-state index contributed by atoms with van der Waals surface area (Å²) in [6.07, 6.45) is 3.97. The van der Waals surface area contributed by atoms with E-state index in [1.54, 1.807) is 0 Å². The summed E-state index contributed by atoms with van der Waals surface area (Å²) in [7, 11) is 0. The van der Waals surface area contributed by atoms with Gasteiger partial charge in [-0.1, -0.05) is 12.5 Å². The molecule has 2 rings (SSSR count). The van der Waals surface area contributed by atoms with Gasteiger partial charge in [-0.05, 0) is 56.9 Å². The lowest BCUT2D eigenvalue weighted by atomic mass is 9.99. The molecule has 1 heterocycles. The van der Waals surface area contributed by atoms with Crippen LogP contribution >= 0.6 is 0 Å². The Bertz CT molecular complexity index is 353. The summed E-state index contributed by atoms with van der Waals surface area (Å²) in [5.74, 6) is 0. The Balaban J connectivity index is 1.88. The van der Waals surface area contributed by atoms with Crippen molar-refractivity contribution in [3.8, 4) is 0 Å². The Kier molecular flexibility index (Phi) is 4.06. The molecule has 0 amide bonds. The number of nitrogens with one attached hydrogen (secondary N) is 2. The maximum absolute atomic E-state index is 3.65. The van der Waals surface area contributed by atoms with Crippen molar-refractivity contribution in [2.75, 3.05) is 11.9 Å². The van der Waals surface area contributed by atoms with E-state index in [4.69, 9.17) is 0 Å². The lowest BCUT2D eigenvalue weighted by Crippen LogP contribution is -2.44. The van der Waals surface area contributed by atoms with Gasteiger partial charge >= 0.3 is 0 Å². The molecule has 2 unspecified atom stereocenters. The van der Waals surface area contributed by atoms with Gasteiger partial charge in [0.15, 0.2) is 0 Å². The van der Waals surface area contributed by atoms with Gasteiger partial charge in [0.25, 0.3) is 0 Å². The second-order valence-corrected chi connectivity index (χ2v) is 5.45. The molecule has 0 aliphatic carbocycles. The highest BCUT2D eigenvalue weighted by Crippen LogP contribution is 2.16. The van der Waals surface area contributed by atoms with Crippen LogP contribution in [0.25, 0.3) is 0 Å². The molecular weight excluding hydrogens is 208 g/mol. The highest BCUT2D eigenvalue weighted by molar-refractivity contribution is 5.48. The van der Waals surface area contributed by atoms with Gasteiger partial charge in [-0.15, -0.1) is 0 Å². The smallest absolute Gasteiger partial charge is 0.0346 e. The summed E-state index contributed by atoms with van der Waals surface area (Å²) in [4.78, 5) is 0. The molecule has 0 aromatic heterocycles. The highest BCUT2D eigenvalue weighted by atomic mass is 15.0. The molecule has 2 heteroatoms. The molecule has 2 atom stereocenters. The quantitative estimate of drug-likeness (QED) is 0.836. The number of benzene rings is 1. The normalized spacial score (nSPS) is 24.6. The first-order valence-electron chi connectivity index (χ1n) is 6.72. The number of hydrogen-bond acceptors (Lipinski definition) is 2. The Morgan fingerprint density at radius 1 is 1.18 bits per heavy atom. The van der Waals surface area contributed by atoms with Crippen LogP contribution in [0.1, 0.15) is 37.3 Å². The monoisotopic (exact) mass is 232 g/mol. The maximum atomic E-state index is 3.65. The van der Waals surface area contributed by atoms with Gasteiger partial charge in [0.1, 0.15) is 0 Å². The molecule has 2 N–H and O–H groups in total. The molecule has 0 saturated carbocycles. The average molecular weight is 232 g/mol. The van der Waals surface area contributed by atoms with Gasteiger partial charge in [0, 0.05) is 24.3 Å². The molecule has 0 spiro atoms. The van der Waals surface area contributed by atoms with Gasteiger partial charge in [-0.3, -0.25) is 0 Å². The van der Waals surface area contributed by atoms with Crippen molar-refractivity contribution < 1.29 is 0 Å².